The van der Waals surface area contributed by atoms with E-state index in [1.165, 1.54) is 32.3 Å². The van der Waals surface area contributed by atoms with Crippen molar-refractivity contribution in [2.45, 2.75) is 0 Å². The third-order valence-electron chi connectivity index (χ3n) is 13.0. The predicted molar refractivity (Wildman–Crippen MR) is 282 cm³/mol. The summed E-state index contributed by atoms with van der Waals surface area (Å²) in [5.74, 6) is 1.77. The van der Waals surface area contributed by atoms with Gasteiger partial charge in [-0.05, 0) is 100 Å². The van der Waals surface area contributed by atoms with Crippen molar-refractivity contribution in [2.75, 3.05) is 0 Å². The summed E-state index contributed by atoms with van der Waals surface area (Å²) < 4.78 is 0. The number of benzene rings is 11. The normalized spacial score (nSPS) is 11.2. The molecule has 0 saturated carbocycles. The van der Waals surface area contributed by atoms with Crippen LogP contribution in [0.2, 0.25) is 0 Å². The van der Waals surface area contributed by atoms with Crippen LogP contribution in [0.1, 0.15) is 0 Å². The van der Waals surface area contributed by atoms with E-state index in [0.29, 0.717) is 23.2 Å². The highest BCUT2D eigenvalue weighted by atomic mass is 15.0. The molecule has 0 bridgehead atoms. The highest BCUT2D eigenvalue weighted by Gasteiger charge is 2.21. The molecule has 0 aliphatic rings. The van der Waals surface area contributed by atoms with Crippen molar-refractivity contribution >= 4 is 38.0 Å². The summed E-state index contributed by atoms with van der Waals surface area (Å²) in [5, 5.41) is 7.15. The van der Waals surface area contributed by atoms with Crippen LogP contribution in [0.15, 0.2) is 243 Å². The lowest BCUT2D eigenvalue weighted by atomic mass is 9.86. The second-order valence-corrected chi connectivity index (χ2v) is 17.0. The average Bonchev–Trinajstić information content (AvgIpc) is 3.42. The van der Waals surface area contributed by atoms with Crippen molar-refractivity contribution in [3.8, 4) is 89.8 Å². The lowest BCUT2D eigenvalue weighted by molar-refractivity contribution is 1.07. The highest BCUT2D eigenvalue weighted by Crippen LogP contribution is 2.45. The van der Waals surface area contributed by atoms with Gasteiger partial charge in [-0.15, -0.1) is 0 Å². The van der Waals surface area contributed by atoms with E-state index in [-0.39, 0.29) is 0 Å². The smallest absolute Gasteiger partial charge is 0.194 e. The maximum atomic E-state index is 8.38. The fraction of sp³-hybridized carbons (Fsp3) is 0. The Bertz CT molecular complexity index is 3940. The van der Waals surface area contributed by atoms with Gasteiger partial charge in [0.15, 0.2) is 23.2 Å². The molecule has 68 heavy (non-hydrogen) atoms. The molecule has 0 aliphatic heterocycles. The van der Waals surface area contributed by atoms with E-state index in [1.807, 2.05) is 48.5 Å². The molecule has 12 aromatic rings. The van der Waals surface area contributed by atoms with E-state index in [0.717, 1.165) is 72.3 Å². The Labute approximate surface area is 395 Å². The third-order valence-corrected chi connectivity index (χ3v) is 13.0. The fourth-order valence-electron chi connectivity index (χ4n) is 9.75. The molecule has 4 heteroatoms. The van der Waals surface area contributed by atoms with Crippen LogP contribution < -0.4 is 0 Å². The molecule has 11 aromatic carbocycles. The monoisotopic (exact) mass is 864 g/mol. The third kappa shape index (κ3) is 7.26. The van der Waals surface area contributed by atoms with E-state index in [2.05, 4.69) is 199 Å². The second kappa shape index (κ2) is 17.2. The first-order valence-electron chi connectivity index (χ1n) is 22.8. The van der Waals surface area contributed by atoms with Crippen LogP contribution in [0.3, 0.4) is 0 Å². The van der Waals surface area contributed by atoms with E-state index >= 15 is 0 Å². The van der Waals surface area contributed by atoms with Crippen molar-refractivity contribution in [3.05, 3.63) is 254 Å². The van der Waals surface area contributed by atoms with Crippen LogP contribution in [-0.2, 0) is 0 Å². The topological polar surface area (TPSA) is 43.0 Å². The molecule has 0 N–H and O–H groups in total. The summed E-state index contributed by atoms with van der Waals surface area (Å²) in [7, 11) is 0. The molecule has 4 nitrogen and oxygen atoms in total. The number of rotatable bonds is 8. The van der Waals surface area contributed by atoms with Crippen LogP contribution in [0, 0.1) is 6.57 Å². The molecule has 0 fully saturated rings. The summed E-state index contributed by atoms with van der Waals surface area (Å²) in [6, 6.07) is 84.6. The maximum absolute atomic E-state index is 8.38. The van der Waals surface area contributed by atoms with E-state index < -0.39 is 0 Å². The molecule has 0 atom stereocenters. The lowest BCUT2D eigenvalue weighted by Crippen LogP contribution is -2.02. The van der Waals surface area contributed by atoms with Crippen molar-refractivity contribution in [1.29, 1.82) is 0 Å². The summed E-state index contributed by atoms with van der Waals surface area (Å²) in [6.07, 6.45) is 0. The molecule has 316 valence electrons. The maximum Gasteiger partial charge on any atom is 0.194 e. The van der Waals surface area contributed by atoms with Crippen molar-refractivity contribution in [2.24, 2.45) is 0 Å². The molecule has 0 radical (unpaired) electrons. The second-order valence-electron chi connectivity index (χ2n) is 17.0. The summed E-state index contributed by atoms with van der Waals surface area (Å²) >= 11 is 0. The minimum absolute atomic E-state index is 0.577. The van der Waals surface area contributed by atoms with Crippen LogP contribution in [0.25, 0.3) is 127 Å². The van der Waals surface area contributed by atoms with Crippen molar-refractivity contribution in [1.82, 2.24) is 15.0 Å². The van der Waals surface area contributed by atoms with Crippen LogP contribution in [0.5, 0.6) is 0 Å². The fourth-order valence-corrected chi connectivity index (χ4v) is 9.75. The van der Waals surface area contributed by atoms with E-state index in [9.17, 15) is 0 Å². The van der Waals surface area contributed by atoms with Gasteiger partial charge in [-0.2, -0.15) is 0 Å². The number of hydrogen-bond donors (Lipinski definition) is 0. The minimum Gasteiger partial charge on any atom is -0.238 e. The largest absolute Gasteiger partial charge is 0.238 e. The van der Waals surface area contributed by atoms with Crippen LogP contribution in [0.4, 0.5) is 5.69 Å². The average molecular weight is 865 g/mol. The standard InChI is InChI=1S/C64H40N4/c1-65-61-38-37-47(41-60(61)56-32-15-14-31-55(56)59-40-45-23-7-8-24-48(45)52-28-12-13-30-54(52)59)49-25-9-11-27-51(49)53-29-16-18-34-58(53)64-67-62(43-20-3-2-4-21-43)66-63(68-64)57-33-17-10-26-50(57)46-36-35-42-19-5-6-22-44(42)39-46/h2-41H. The van der Waals surface area contributed by atoms with Gasteiger partial charge in [0.1, 0.15) is 0 Å². The Balaban J connectivity index is 1.01. The molecule has 1 aromatic heterocycles. The molecule has 12 rings (SSSR count). The number of fused-ring (bicyclic) bond motifs is 4. The van der Waals surface area contributed by atoms with Gasteiger partial charge in [-0.3, -0.25) is 0 Å². The highest BCUT2D eigenvalue weighted by molar-refractivity contribution is 6.15. The van der Waals surface area contributed by atoms with Gasteiger partial charge in [0, 0.05) is 16.7 Å². The van der Waals surface area contributed by atoms with Crippen molar-refractivity contribution in [3.63, 3.8) is 0 Å². The van der Waals surface area contributed by atoms with Gasteiger partial charge in [-0.1, -0.05) is 231 Å². The zero-order valence-corrected chi connectivity index (χ0v) is 36.9. The van der Waals surface area contributed by atoms with Gasteiger partial charge in [0.2, 0.25) is 0 Å². The van der Waals surface area contributed by atoms with Gasteiger partial charge in [0.25, 0.3) is 0 Å². The Morgan fingerprint density at radius 3 is 1.37 bits per heavy atom. The SMILES string of the molecule is [C-]#[N+]c1ccc(-c2ccccc2-c2ccccc2-c2nc(-c3ccccc3)nc(-c3ccccc3-c3ccc4ccccc4c3)n2)cc1-c1ccccc1-c1cc2ccccc2c2ccccc12. The lowest BCUT2D eigenvalue weighted by Gasteiger charge is -2.18. The van der Waals surface area contributed by atoms with E-state index in [4.69, 9.17) is 21.5 Å². The molecular weight excluding hydrogens is 825 g/mol. The first kappa shape index (κ1) is 40.2. The Morgan fingerprint density at radius 2 is 0.691 bits per heavy atom. The summed E-state index contributed by atoms with van der Waals surface area (Å²) in [4.78, 5) is 19.8. The molecule has 0 unspecified atom stereocenters. The Morgan fingerprint density at radius 1 is 0.250 bits per heavy atom. The summed E-state index contributed by atoms with van der Waals surface area (Å²) in [6.45, 7) is 8.38. The van der Waals surface area contributed by atoms with Gasteiger partial charge < -0.3 is 0 Å². The Hall–Kier alpha value is -9.30. The van der Waals surface area contributed by atoms with E-state index in [1.54, 1.807) is 0 Å². The van der Waals surface area contributed by atoms with Crippen molar-refractivity contribution < 1.29 is 0 Å². The zero-order chi connectivity index (χ0) is 45.4. The van der Waals surface area contributed by atoms with Crippen LogP contribution >= 0.6 is 0 Å². The number of hydrogen-bond acceptors (Lipinski definition) is 3. The molecule has 0 saturated heterocycles. The Kier molecular flexibility index (Phi) is 10.2. The minimum atomic E-state index is 0.577. The molecule has 0 spiro atoms. The van der Waals surface area contributed by atoms with Gasteiger partial charge in [-0.25, -0.2) is 19.8 Å². The van der Waals surface area contributed by atoms with Gasteiger partial charge in [0.05, 0.1) is 6.57 Å². The predicted octanol–water partition coefficient (Wildman–Crippen LogP) is 17.2. The molecule has 1 heterocycles. The molecule has 0 aliphatic carbocycles. The first-order valence-corrected chi connectivity index (χ1v) is 22.8. The number of nitrogens with zero attached hydrogens (tertiary/aromatic N) is 4. The quantitative estimate of drug-likeness (QED) is 0.113. The molecule has 0 amide bonds. The summed E-state index contributed by atoms with van der Waals surface area (Å²) in [5.41, 5.74) is 13.6. The molecular formula is C64H40N4. The van der Waals surface area contributed by atoms with Gasteiger partial charge >= 0.3 is 0 Å². The number of aromatic nitrogens is 3. The zero-order valence-electron chi connectivity index (χ0n) is 36.9. The van der Waals surface area contributed by atoms with Crippen LogP contribution in [-0.4, -0.2) is 15.0 Å². The first-order chi connectivity index (χ1) is 33.7.